The maximum absolute atomic E-state index is 4.91. The average Bonchev–Trinajstić information content (AvgIpc) is 3.31. The van der Waals surface area contributed by atoms with E-state index in [0.29, 0.717) is 12.1 Å². The van der Waals surface area contributed by atoms with Gasteiger partial charge >= 0.3 is 0 Å². The van der Waals surface area contributed by atoms with Crippen LogP contribution in [0.1, 0.15) is 18.7 Å². The van der Waals surface area contributed by atoms with E-state index in [1.165, 1.54) is 4.88 Å². The standard InChI is InChI=1S/C22H24N6S/c1-13-11-28(12-14(2)24-13)19-9-8-16(10-23-19)20-15(3)29-22(25-20)21-17-6-4-5-7-18(17)26-27-21/h4-10,13-14,24H,11-12H2,1-3H3,(H,26,27). The van der Waals surface area contributed by atoms with Crippen LogP contribution < -0.4 is 10.2 Å². The summed E-state index contributed by atoms with van der Waals surface area (Å²) in [5.74, 6) is 1.03. The summed E-state index contributed by atoms with van der Waals surface area (Å²) in [6, 6.07) is 13.3. The van der Waals surface area contributed by atoms with E-state index < -0.39 is 0 Å². The summed E-state index contributed by atoms with van der Waals surface area (Å²) < 4.78 is 0. The summed E-state index contributed by atoms with van der Waals surface area (Å²) in [7, 11) is 0. The van der Waals surface area contributed by atoms with Crippen LogP contribution >= 0.6 is 11.3 Å². The fourth-order valence-corrected chi connectivity index (χ4v) is 5.06. The highest BCUT2D eigenvalue weighted by molar-refractivity contribution is 7.15. The fourth-order valence-electron chi connectivity index (χ4n) is 4.12. The van der Waals surface area contributed by atoms with Gasteiger partial charge in [0, 0.05) is 47.2 Å². The van der Waals surface area contributed by atoms with Crippen LogP contribution in [0, 0.1) is 6.92 Å². The molecule has 1 saturated heterocycles. The summed E-state index contributed by atoms with van der Waals surface area (Å²) in [4.78, 5) is 13.2. The average molecular weight is 405 g/mol. The molecule has 4 aromatic rings. The Bertz CT molecular complexity index is 1140. The van der Waals surface area contributed by atoms with Crippen LogP contribution in [-0.2, 0) is 0 Å². The molecule has 0 amide bonds. The summed E-state index contributed by atoms with van der Waals surface area (Å²) in [5.41, 5.74) is 3.97. The number of piperazine rings is 1. The molecule has 2 atom stereocenters. The highest BCUT2D eigenvalue weighted by atomic mass is 32.1. The molecule has 0 saturated carbocycles. The topological polar surface area (TPSA) is 69.7 Å². The summed E-state index contributed by atoms with van der Waals surface area (Å²) in [5, 5.41) is 13.2. The van der Waals surface area contributed by atoms with E-state index in [1.807, 2.05) is 24.4 Å². The molecule has 5 rings (SSSR count). The van der Waals surface area contributed by atoms with E-state index >= 15 is 0 Å². The van der Waals surface area contributed by atoms with Crippen molar-refractivity contribution in [2.24, 2.45) is 0 Å². The molecule has 1 aliphatic heterocycles. The molecule has 0 bridgehead atoms. The van der Waals surface area contributed by atoms with Gasteiger partial charge in [-0.1, -0.05) is 18.2 Å². The van der Waals surface area contributed by atoms with E-state index in [-0.39, 0.29) is 0 Å². The number of para-hydroxylation sites is 1. The number of hydrogen-bond donors (Lipinski definition) is 2. The Morgan fingerprint density at radius 1 is 1.03 bits per heavy atom. The third kappa shape index (κ3) is 3.41. The van der Waals surface area contributed by atoms with Crippen molar-refractivity contribution < 1.29 is 0 Å². The molecule has 6 nitrogen and oxygen atoms in total. The maximum atomic E-state index is 4.91. The second-order valence-electron chi connectivity index (χ2n) is 7.82. The van der Waals surface area contributed by atoms with Gasteiger partial charge in [0.15, 0.2) is 0 Å². The number of pyridine rings is 1. The zero-order valence-electron chi connectivity index (χ0n) is 16.8. The lowest BCUT2D eigenvalue weighted by Crippen LogP contribution is -2.54. The van der Waals surface area contributed by atoms with Gasteiger partial charge in [0.25, 0.3) is 0 Å². The molecule has 1 aromatic carbocycles. The van der Waals surface area contributed by atoms with Crippen LogP contribution in [0.4, 0.5) is 5.82 Å². The first-order valence-corrected chi connectivity index (χ1v) is 10.8. The van der Waals surface area contributed by atoms with Gasteiger partial charge in [0.05, 0.1) is 11.2 Å². The van der Waals surface area contributed by atoms with E-state index in [0.717, 1.165) is 51.8 Å². The first-order valence-electron chi connectivity index (χ1n) is 9.97. The van der Waals surface area contributed by atoms with Gasteiger partial charge in [-0.05, 0) is 39.0 Å². The molecule has 4 heterocycles. The van der Waals surface area contributed by atoms with Crippen molar-refractivity contribution in [3.05, 3.63) is 47.5 Å². The molecular formula is C22H24N6S. The number of anilines is 1. The van der Waals surface area contributed by atoms with Gasteiger partial charge in [-0.15, -0.1) is 11.3 Å². The van der Waals surface area contributed by atoms with Crippen molar-refractivity contribution in [2.45, 2.75) is 32.9 Å². The highest BCUT2D eigenvalue weighted by Gasteiger charge is 2.22. The third-order valence-electron chi connectivity index (χ3n) is 5.37. The normalized spacial score (nSPS) is 19.8. The van der Waals surface area contributed by atoms with Crippen LogP contribution in [0.25, 0.3) is 32.9 Å². The van der Waals surface area contributed by atoms with Crippen molar-refractivity contribution in [1.29, 1.82) is 0 Å². The molecular weight excluding hydrogens is 380 g/mol. The second-order valence-corrected chi connectivity index (χ2v) is 9.02. The summed E-state index contributed by atoms with van der Waals surface area (Å²) >= 11 is 1.67. The van der Waals surface area contributed by atoms with Gasteiger partial charge in [0.1, 0.15) is 16.5 Å². The Labute approximate surface area is 174 Å². The quantitative estimate of drug-likeness (QED) is 0.534. The molecule has 2 N–H and O–H groups in total. The highest BCUT2D eigenvalue weighted by Crippen LogP contribution is 2.35. The Morgan fingerprint density at radius 2 is 1.83 bits per heavy atom. The molecule has 0 radical (unpaired) electrons. The first kappa shape index (κ1) is 18.3. The van der Waals surface area contributed by atoms with Crippen molar-refractivity contribution >= 4 is 28.1 Å². The number of hydrogen-bond acceptors (Lipinski definition) is 6. The Balaban J connectivity index is 1.44. The molecule has 148 valence electrons. The second kappa shape index (κ2) is 7.24. The van der Waals surface area contributed by atoms with E-state index in [4.69, 9.17) is 9.97 Å². The largest absolute Gasteiger partial charge is 0.354 e. The SMILES string of the molecule is Cc1sc(-c2n[nH]c3ccccc23)nc1-c1ccc(N2CC(C)NC(C)C2)nc1. The van der Waals surface area contributed by atoms with Gasteiger partial charge < -0.3 is 10.2 Å². The molecule has 1 aliphatic rings. The minimum atomic E-state index is 0.465. The molecule has 7 heteroatoms. The van der Waals surface area contributed by atoms with E-state index in [2.05, 4.69) is 59.4 Å². The van der Waals surface area contributed by atoms with E-state index in [1.54, 1.807) is 11.3 Å². The van der Waals surface area contributed by atoms with Crippen molar-refractivity contribution in [2.75, 3.05) is 18.0 Å². The number of aromatic nitrogens is 4. The van der Waals surface area contributed by atoms with Crippen LogP contribution in [0.5, 0.6) is 0 Å². The lowest BCUT2D eigenvalue weighted by atomic mass is 10.1. The minimum Gasteiger partial charge on any atom is -0.354 e. The number of rotatable bonds is 3. The smallest absolute Gasteiger partial charge is 0.145 e. The number of nitrogens with zero attached hydrogens (tertiary/aromatic N) is 4. The van der Waals surface area contributed by atoms with Crippen molar-refractivity contribution in [1.82, 2.24) is 25.5 Å². The van der Waals surface area contributed by atoms with Gasteiger partial charge in [-0.3, -0.25) is 5.10 Å². The van der Waals surface area contributed by atoms with E-state index in [9.17, 15) is 0 Å². The summed E-state index contributed by atoms with van der Waals surface area (Å²) in [6.45, 7) is 8.50. The number of thiazole rings is 1. The number of benzene rings is 1. The predicted molar refractivity (Wildman–Crippen MR) is 119 cm³/mol. The Morgan fingerprint density at radius 3 is 2.59 bits per heavy atom. The maximum Gasteiger partial charge on any atom is 0.145 e. The van der Waals surface area contributed by atoms with Crippen LogP contribution in [-0.4, -0.2) is 45.3 Å². The third-order valence-corrected chi connectivity index (χ3v) is 6.35. The predicted octanol–water partition coefficient (Wildman–Crippen LogP) is 4.24. The lowest BCUT2D eigenvalue weighted by molar-refractivity contribution is 0.405. The van der Waals surface area contributed by atoms with Crippen molar-refractivity contribution in [3.63, 3.8) is 0 Å². The van der Waals surface area contributed by atoms with Gasteiger partial charge in [0.2, 0.25) is 0 Å². The minimum absolute atomic E-state index is 0.465. The van der Waals surface area contributed by atoms with Crippen LogP contribution in [0.3, 0.4) is 0 Å². The zero-order valence-corrected chi connectivity index (χ0v) is 17.6. The molecule has 2 unspecified atom stereocenters. The zero-order chi connectivity index (χ0) is 20.0. The first-order chi connectivity index (χ1) is 14.1. The number of H-pyrrole nitrogens is 1. The number of nitrogens with one attached hydrogen (secondary N) is 2. The molecule has 3 aromatic heterocycles. The van der Waals surface area contributed by atoms with Crippen molar-refractivity contribution in [3.8, 4) is 22.0 Å². The summed E-state index contributed by atoms with van der Waals surface area (Å²) in [6.07, 6.45) is 1.95. The van der Waals surface area contributed by atoms with Crippen LogP contribution in [0.15, 0.2) is 42.6 Å². The lowest BCUT2D eigenvalue weighted by Gasteiger charge is -2.36. The Hall–Kier alpha value is -2.77. The Kier molecular flexibility index (Phi) is 4.56. The molecule has 0 spiro atoms. The molecule has 1 fully saturated rings. The molecule has 29 heavy (non-hydrogen) atoms. The van der Waals surface area contributed by atoms with Crippen LogP contribution in [0.2, 0.25) is 0 Å². The number of aryl methyl sites for hydroxylation is 1. The number of fused-ring (bicyclic) bond motifs is 1. The fraction of sp³-hybridized carbons (Fsp3) is 0.318. The monoisotopic (exact) mass is 404 g/mol. The van der Waals surface area contributed by atoms with Gasteiger partial charge in [-0.25, -0.2) is 9.97 Å². The number of aromatic amines is 1. The molecule has 0 aliphatic carbocycles. The van der Waals surface area contributed by atoms with Gasteiger partial charge in [-0.2, -0.15) is 5.10 Å².